The maximum absolute atomic E-state index is 8.48. The van der Waals surface area contributed by atoms with E-state index in [9.17, 15) is 0 Å². The lowest BCUT2D eigenvalue weighted by Crippen LogP contribution is -1.97. The third-order valence-electron chi connectivity index (χ3n) is 1.42. The van der Waals surface area contributed by atoms with E-state index >= 15 is 0 Å². The molecule has 0 aliphatic rings. The predicted octanol–water partition coefficient (Wildman–Crippen LogP) is -0.0201. The highest BCUT2D eigenvalue weighted by Gasteiger charge is 1.94. The maximum atomic E-state index is 8.48. The number of nitrogens with two attached hydrogens (primary N) is 2. The summed E-state index contributed by atoms with van der Waals surface area (Å²) < 4.78 is 0. The van der Waals surface area contributed by atoms with Crippen molar-refractivity contribution in [2.45, 2.75) is 6.42 Å². The summed E-state index contributed by atoms with van der Waals surface area (Å²) in [6, 6.07) is 1.66. The van der Waals surface area contributed by atoms with Gasteiger partial charge in [0.25, 0.3) is 0 Å². The van der Waals surface area contributed by atoms with Gasteiger partial charge in [-0.1, -0.05) is 11.8 Å². The van der Waals surface area contributed by atoms with Crippen molar-refractivity contribution in [3.05, 3.63) is 17.8 Å². The molecule has 1 aromatic rings. The molecule has 0 aliphatic heterocycles. The molecule has 0 aromatic carbocycles. The summed E-state index contributed by atoms with van der Waals surface area (Å²) in [6.07, 6.45) is 2.00. The third kappa shape index (κ3) is 2.65. The van der Waals surface area contributed by atoms with Gasteiger partial charge in [0.1, 0.15) is 5.82 Å². The van der Waals surface area contributed by atoms with E-state index in [4.69, 9.17) is 16.6 Å². The Labute approximate surface area is 76.6 Å². The van der Waals surface area contributed by atoms with Crippen LogP contribution in [0.4, 0.5) is 11.5 Å². The number of pyridine rings is 1. The van der Waals surface area contributed by atoms with Crippen LogP contribution in [0.2, 0.25) is 0 Å². The van der Waals surface area contributed by atoms with E-state index < -0.39 is 0 Å². The van der Waals surface area contributed by atoms with Crippen LogP contribution in [0.25, 0.3) is 0 Å². The van der Waals surface area contributed by atoms with Gasteiger partial charge in [0.2, 0.25) is 0 Å². The van der Waals surface area contributed by atoms with Crippen molar-refractivity contribution in [2.24, 2.45) is 0 Å². The van der Waals surface area contributed by atoms with Crippen molar-refractivity contribution >= 4 is 11.5 Å². The zero-order valence-corrected chi connectivity index (χ0v) is 7.12. The first-order valence-corrected chi connectivity index (χ1v) is 3.84. The topological polar surface area (TPSA) is 85.2 Å². The normalized spacial score (nSPS) is 9.00. The standard InChI is InChI=1S/C9H11N3O/c10-8-5-7(3-1-2-4-13)6-12-9(8)11/h5-6,13H,2,4,10H2,(H2,11,12). The number of rotatable bonds is 1. The second kappa shape index (κ2) is 4.33. The molecule has 0 aliphatic carbocycles. The lowest BCUT2D eigenvalue weighted by atomic mass is 10.2. The molecule has 1 rings (SSSR count). The zero-order chi connectivity index (χ0) is 9.68. The van der Waals surface area contributed by atoms with Gasteiger partial charge >= 0.3 is 0 Å². The van der Waals surface area contributed by atoms with Crippen molar-refractivity contribution in [1.82, 2.24) is 4.98 Å². The van der Waals surface area contributed by atoms with Crippen molar-refractivity contribution in [1.29, 1.82) is 0 Å². The number of aliphatic hydroxyl groups excluding tert-OH is 1. The maximum Gasteiger partial charge on any atom is 0.146 e. The molecule has 13 heavy (non-hydrogen) atoms. The average Bonchev–Trinajstić information content (AvgIpc) is 2.12. The molecule has 0 atom stereocenters. The molecule has 68 valence electrons. The minimum Gasteiger partial charge on any atom is -0.396 e. The van der Waals surface area contributed by atoms with Gasteiger partial charge in [0.15, 0.2) is 0 Å². The summed E-state index contributed by atoms with van der Waals surface area (Å²) in [5.41, 5.74) is 12.1. The molecular formula is C9H11N3O. The number of aliphatic hydroxyl groups is 1. The molecule has 0 radical (unpaired) electrons. The van der Waals surface area contributed by atoms with Crippen LogP contribution in [0, 0.1) is 11.8 Å². The van der Waals surface area contributed by atoms with Crippen molar-refractivity contribution < 1.29 is 5.11 Å². The summed E-state index contributed by atoms with van der Waals surface area (Å²) in [7, 11) is 0. The minimum atomic E-state index is 0.0604. The number of anilines is 2. The van der Waals surface area contributed by atoms with Crippen molar-refractivity contribution in [3.8, 4) is 11.8 Å². The number of aromatic nitrogens is 1. The first-order chi connectivity index (χ1) is 6.24. The monoisotopic (exact) mass is 177 g/mol. The van der Waals surface area contributed by atoms with Crippen LogP contribution in [0.1, 0.15) is 12.0 Å². The van der Waals surface area contributed by atoms with E-state index in [0.717, 1.165) is 0 Å². The molecule has 0 fully saturated rings. The number of hydrogen-bond donors (Lipinski definition) is 3. The Morgan fingerprint density at radius 3 is 2.85 bits per heavy atom. The van der Waals surface area contributed by atoms with Crippen molar-refractivity contribution in [2.75, 3.05) is 18.1 Å². The lowest BCUT2D eigenvalue weighted by molar-refractivity contribution is 0.305. The van der Waals surface area contributed by atoms with Gasteiger partial charge in [-0.3, -0.25) is 0 Å². The molecule has 0 saturated heterocycles. The van der Waals surface area contributed by atoms with Gasteiger partial charge in [-0.05, 0) is 6.07 Å². The predicted molar refractivity (Wildman–Crippen MR) is 51.6 cm³/mol. The molecule has 0 spiro atoms. The van der Waals surface area contributed by atoms with Gasteiger partial charge in [-0.25, -0.2) is 4.98 Å². The Bertz CT molecular complexity index is 352. The summed E-state index contributed by atoms with van der Waals surface area (Å²) in [4.78, 5) is 3.85. The highest BCUT2D eigenvalue weighted by molar-refractivity contribution is 5.60. The zero-order valence-electron chi connectivity index (χ0n) is 7.12. The Morgan fingerprint density at radius 1 is 1.46 bits per heavy atom. The fraction of sp³-hybridized carbons (Fsp3) is 0.222. The van der Waals surface area contributed by atoms with E-state index in [1.807, 2.05) is 0 Å². The molecule has 0 bridgehead atoms. The minimum absolute atomic E-state index is 0.0604. The van der Waals surface area contributed by atoms with Crippen LogP contribution in [0.5, 0.6) is 0 Å². The van der Waals surface area contributed by atoms with Crippen LogP contribution in [0.3, 0.4) is 0 Å². The van der Waals surface area contributed by atoms with Crippen LogP contribution in [0.15, 0.2) is 12.3 Å². The Balaban J connectivity index is 2.81. The molecule has 1 heterocycles. The quantitative estimate of drug-likeness (QED) is 0.526. The molecule has 4 heteroatoms. The van der Waals surface area contributed by atoms with Gasteiger partial charge < -0.3 is 16.6 Å². The van der Waals surface area contributed by atoms with Crippen LogP contribution < -0.4 is 11.5 Å². The molecule has 4 nitrogen and oxygen atoms in total. The Hall–Kier alpha value is -1.73. The Morgan fingerprint density at radius 2 is 2.23 bits per heavy atom. The summed E-state index contributed by atoms with van der Waals surface area (Å²) >= 11 is 0. The lowest BCUT2D eigenvalue weighted by Gasteiger charge is -1.97. The molecular weight excluding hydrogens is 166 g/mol. The highest BCUT2D eigenvalue weighted by atomic mass is 16.2. The van der Waals surface area contributed by atoms with E-state index in [1.165, 1.54) is 0 Å². The third-order valence-corrected chi connectivity index (χ3v) is 1.42. The molecule has 0 unspecified atom stereocenters. The molecule has 1 aromatic heterocycles. The Kier molecular flexibility index (Phi) is 3.12. The SMILES string of the molecule is Nc1cc(C#CCCO)cnc1N. The fourth-order valence-electron chi connectivity index (χ4n) is 0.781. The molecule has 0 amide bonds. The van der Waals surface area contributed by atoms with Crippen LogP contribution in [-0.4, -0.2) is 16.7 Å². The first kappa shape index (κ1) is 9.36. The number of nitrogens with zero attached hydrogens (tertiary/aromatic N) is 1. The smallest absolute Gasteiger partial charge is 0.146 e. The van der Waals surface area contributed by atoms with E-state index in [-0.39, 0.29) is 6.61 Å². The van der Waals surface area contributed by atoms with Crippen LogP contribution in [-0.2, 0) is 0 Å². The van der Waals surface area contributed by atoms with Gasteiger partial charge in [-0.2, -0.15) is 0 Å². The van der Waals surface area contributed by atoms with Crippen molar-refractivity contribution in [3.63, 3.8) is 0 Å². The first-order valence-electron chi connectivity index (χ1n) is 3.84. The summed E-state index contributed by atoms with van der Waals surface area (Å²) in [5.74, 6) is 5.88. The number of hydrogen-bond acceptors (Lipinski definition) is 4. The molecule has 0 saturated carbocycles. The molecule has 5 N–H and O–H groups in total. The summed E-state index contributed by atoms with van der Waals surface area (Å²) in [5, 5.41) is 8.48. The number of nitrogen functional groups attached to an aromatic ring is 2. The summed E-state index contributed by atoms with van der Waals surface area (Å²) in [6.45, 7) is 0.0604. The van der Waals surface area contributed by atoms with Crippen LogP contribution >= 0.6 is 0 Å². The van der Waals surface area contributed by atoms with Gasteiger partial charge in [-0.15, -0.1) is 0 Å². The largest absolute Gasteiger partial charge is 0.396 e. The van der Waals surface area contributed by atoms with E-state index in [2.05, 4.69) is 16.8 Å². The average molecular weight is 177 g/mol. The van der Waals surface area contributed by atoms with Gasteiger partial charge in [0, 0.05) is 18.2 Å². The van der Waals surface area contributed by atoms with E-state index in [1.54, 1.807) is 12.3 Å². The van der Waals surface area contributed by atoms with Gasteiger partial charge in [0.05, 0.1) is 12.3 Å². The van der Waals surface area contributed by atoms with E-state index in [0.29, 0.717) is 23.5 Å². The highest BCUT2D eigenvalue weighted by Crippen LogP contribution is 2.11. The fourth-order valence-corrected chi connectivity index (χ4v) is 0.781. The second-order valence-electron chi connectivity index (χ2n) is 2.47. The second-order valence-corrected chi connectivity index (χ2v) is 2.47.